The lowest BCUT2D eigenvalue weighted by molar-refractivity contribution is 0.102. The third-order valence-electron chi connectivity index (χ3n) is 3.56. The van der Waals surface area contributed by atoms with Crippen molar-refractivity contribution >= 4 is 29.0 Å². The number of pyridine rings is 2. The number of hydrogen-bond donors (Lipinski definition) is 2. The van der Waals surface area contributed by atoms with Crippen LogP contribution in [0.4, 0.5) is 11.5 Å². The van der Waals surface area contributed by atoms with Gasteiger partial charge in [0.15, 0.2) is 11.6 Å². The molecule has 3 aromatic rings. The molecule has 0 saturated heterocycles. The molecule has 0 aliphatic carbocycles. The first kappa shape index (κ1) is 17.7. The Labute approximate surface area is 156 Å². The van der Waals surface area contributed by atoms with E-state index >= 15 is 0 Å². The van der Waals surface area contributed by atoms with Gasteiger partial charge in [-0.1, -0.05) is 23.7 Å². The van der Waals surface area contributed by atoms with E-state index in [1.165, 1.54) is 12.4 Å². The van der Waals surface area contributed by atoms with E-state index in [1.54, 1.807) is 24.4 Å². The van der Waals surface area contributed by atoms with Crippen LogP contribution in [0.5, 0.6) is 5.75 Å². The maximum absolute atomic E-state index is 12.3. The van der Waals surface area contributed by atoms with Crippen LogP contribution < -0.4 is 15.8 Å². The Morgan fingerprint density at radius 1 is 1.23 bits per heavy atom. The second-order valence-electron chi connectivity index (χ2n) is 5.73. The van der Waals surface area contributed by atoms with Gasteiger partial charge in [-0.25, -0.2) is 4.98 Å². The van der Waals surface area contributed by atoms with Crippen molar-refractivity contribution in [2.24, 2.45) is 0 Å². The lowest BCUT2D eigenvalue weighted by atomic mass is 10.2. The molecule has 1 amide bonds. The van der Waals surface area contributed by atoms with Crippen molar-refractivity contribution in [3.05, 3.63) is 76.7 Å². The molecule has 3 rings (SSSR count). The Morgan fingerprint density at radius 2 is 2.08 bits per heavy atom. The first-order chi connectivity index (χ1) is 12.5. The third kappa shape index (κ3) is 4.49. The van der Waals surface area contributed by atoms with Gasteiger partial charge in [-0.15, -0.1) is 0 Å². The molecule has 0 atom stereocenters. The fraction of sp³-hybridized carbons (Fsp3) is 0.105. The van der Waals surface area contributed by atoms with E-state index in [2.05, 4.69) is 15.3 Å². The molecular weight excluding hydrogens is 352 g/mol. The second-order valence-corrected chi connectivity index (χ2v) is 6.17. The molecule has 0 unspecified atom stereocenters. The molecule has 0 radical (unpaired) electrons. The molecule has 1 aromatic carbocycles. The van der Waals surface area contributed by atoms with E-state index in [1.807, 2.05) is 25.1 Å². The van der Waals surface area contributed by atoms with Crippen LogP contribution in [0.1, 0.15) is 21.5 Å². The number of aryl methyl sites for hydroxylation is 1. The standard InChI is InChI=1S/C19H17ClN4O2/c1-12-5-14(9-22-8-12)19(25)24-16-4-2-3-13(6-16)11-26-17-7-15(20)10-23-18(17)21/h2-10H,11H2,1H3,(H2,21,23)(H,24,25). The molecule has 6 nitrogen and oxygen atoms in total. The van der Waals surface area contributed by atoms with Crippen molar-refractivity contribution in [1.82, 2.24) is 9.97 Å². The average molecular weight is 369 g/mol. The van der Waals surface area contributed by atoms with E-state index in [4.69, 9.17) is 22.1 Å². The highest BCUT2D eigenvalue weighted by atomic mass is 35.5. The maximum atomic E-state index is 12.3. The zero-order chi connectivity index (χ0) is 18.5. The van der Waals surface area contributed by atoms with Crippen LogP contribution in [0.25, 0.3) is 0 Å². The quantitative estimate of drug-likeness (QED) is 0.713. The van der Waals surface area contributed by atoms with E-state index in [0.29, 0.717) is 22.0 Å². The topological polar surface area (TPSA) is 90.1 Å². The van der Waals surface area contributed by atoms with Crippen molar-refractivity contribution in [3.63, 3.8) is 0 Å². The van der Waals surface area contributed by atoms with Crippen molar-refractivity contribution < 1.29 is 9.53 Å². The van der Waals surface area contributed by atoms with Crippen LogP contribution >= 0.6 is 11.6 Å². The highest BCUT2D eigenvalue weighted by molar-refractivity contribution is 6.30. The summed E-state index contributed by atoms with van der Waals surface area (Å²) in [5.41, 5.74) is 8.72. The Hall–Kier alpha value is -3.12. The largest absolute Gasteiger partial charge is 0.485 e. The number of nitrogens with two attached hydrogens (primary N) is 1. The van der Waals surface area contributed by atoms with Crippen LogP contribution in [0, 0.1) is 6.92 Å². The first-order valence-electron chi connectivity index (χ1n) is 7.87. The average Bonchev–Trinajstić information content (AvgIpc) is 2.63. The summed E-state index contributed by atoms with van der Waals surface area (Å²) in [6, 6.07) is 10.8. The zero-order valence-electron chi connectivity index (χ0n) is 14.1. The molecule has 2 heterocycles. The highest BCUT2D eigenvalue weighted by Crippen LogP contribution is 2.24. The van der Waals surface area contributed by atoms with Gasteiger partial charge < -0.3 is 15.8 Å². The van der Waals surface area contributed by atoms with Crippen molar-refractivity contribution in [3.8, 4) is 5.75 Å². The van der Waals surface area contributed by atoms with E-state index in [0.717, 1.165) is 11.1 Å². The summed E-state index contributed by atoms with van der Waals surface area (Å²) >= 11 is 5.90. The minimum atomic E-state index is -0.220. The molecule has 0 bridgehead atoms. The van der Waals surface area contributed by atoms with Gasteiger partial charge in [0.2, 0.25) is 0 Å². The number of rotatable bonds is 5. The molecule has 3 N–H and O–H groups in total. The van der Waals surface area contributed by atoms with Crippen LogP contribution in [-0.2, 0) is 6.61 Å². The van der Waals surface area contributed by atoms with Gasteiger partial charge in [0.25, 0.3) is 5.91 Å². The van der Waals surface area contributed by atoms with E-state index < -0.39 is 0 Å². The van der Waals surface area contributed by atoms with Gasteiger partial charge in [0, 0.05) is 30.3 Å². The molecule has 0 fully saturated rings. The lowest BCUT2D eigenvalue weighted by Gasteiger charge is -2.10. The predicted molar refractivity (Wildman–Crippen MR) is 101 cm³/mol. The summed E-state index contributed by atoms with van der Waals surface area (Å²) in [4.78, 5) is 20.3. The summed E-state index contributed by atoms with van der Waals surface area (Å²) in [6.45, 7) is 2.15. The first-order valence-corrected chi connectivity index (χ1v) is 8.25. The number of carbonyl (C=O) groups excluding carboxylic acids is 1. The normalized spacial score (nSPS) is 10.4. The lowest BCUT2D eigenvalue weighted by Crippen LogP contribution is -2.12. The van der Waals surface area contributed by atoms with Gasteiger partial charge in [-0.2, -0.15) is 0 Å². The van der Waals surface area contributed by atoms with Gasteiger partial charge in [-0.3, -0.25) is 9.78 Å². The molecule has 0 aliphatic rings. The fourth-order valence-corrected chi connectivity index (χ4v) is 2.48. The summed E-state index contributed by atoms with van der Waals surface area (Å²) in [6.07, 6.45) is 4.69. The number of hydrogen-bond acceptors (Lipinski definition) is 5. The van der Waals surface area contributed by atoms with E-state index in [9.17, 15) is 4.79 Å². The van der Waals surface area contributed by atoms with Crippen molar-refractivity contribution in [1.29, 1.82) is 0 Å². The van der Waals surface area contributed by atoms with Crippen LogP contribution in [-0.4, -0.2) is 15.9 Å². The van der Waals surface area contributed by atoms with Gasteiger partial charge in [0.05, 0.1) is 10.6 Å². The minimum absolute atomic E-state index is 0.220. The fourth-order valence-electron chi connectivity index (χ4n) is 2.33. The van der Waals surface area contributed by atoms with Crippen molar-refractivity contribution in [2.45, 2.75) is 13.5 Å². The Balaban J connectivity index is 1.68. The Bertz CT molecular complexity index is 946. The van der Waals surface area contributed by atoms with Gasteiger partial charge in [0.1, 0.15) is 6.61 Å². The van der Waals surface area contributed by atoms with Crippen molar-refractivity contribution in [2.75, 3.05) is 11.1 Å². The minimum Gasteiger partial charge on any atom is -0.485 e. The highest BCUT2D eigenvalue weighted by Gasteiger charge is 2.08. The molecule has 26 heavy (non-hydrogen) atoms. The maximum Gasteiger partial charge on any atom is 0.257 e. The molecular formula is C19H17ClN4O2. The molecule has 2 aromatic heterocycles. The smallest absolute Gasteiger partial charge is 0.257 e. The number of benzene rings is 1. The number of nitrogens with zero attached hydrogens (tertiary/aromatic N) is 2. The number of halogens is 1. The number of nitrogens with one attached hydrogen (secondary N) is 1. The van der Waals surface area contributed by atoms with Crippen LogP contribution in [0.15, 0.2) is 55.0 Å². The number of anilines is 2. The molecule has 0 aliphatic heterocycles. The zero-order valence-corrected chi connectivity index (χ0v) is 14.8. The van der Waals surface area contributed by atoms with Crippen LogP contribution in [0.3, 0.4) is 0 Å². The van der Waals surface area contributed by atoms with Gasteiger partial charge in [-0.05, 0) is 36.2 Å². The summed E-state index contributed by atoms with van der Waals surface area (Å²) in [5, 5.41) is 3.30. The molecule has 7 heteroatoms. The molecule has 0 saturated carbocycles. The summed E-state index contributed by atoms with van der Waals surface area (Å²) in [5.74, 6) is 0.464. The van der Waals surface area contributed by atoms with Crippen LogP contribution in [0.2, 0.25) is 5.02 Å². The monoisotopic (exact) mass is 368 g/mol. The molecule has 0 spiro atoms. The Morgan fingerprint density at radius 3 is 2.88 bits per heavy atom. The summed E-state index contributed by atoms with van der Waals surface area (Å²) in [7, 11) is 0. The number of carbonyl (C=O) groups is 1. The number of amides is 1. The summed E-state index contributed by atoms with van der Waals surface area (Å²) < 4.78 is 5.67. The Kier molecular flexibility index (Phi) is 5.34. The SMILES string of the molecule is Cc1cncc(C(=O)Nc2cccc(COc3cc(Cl)cnc3N)c2)c1. The predicted octanol–water partition coefficient (Wildman–Crippen LogP) is 3.85. The van der Waals surface area contributed by atoms with E-state index in [-0.39, 0.29) is 18.3 Å². The number of ether oxygens (including phenoxy) is 1. The second kappa shape index (κ2) is 7.84. The number of nitrogen functional groups attached to an aromatic ring is 1. The third-order valence-corrected chi connectivity index (χ3v) is 3.77. The molecule has 132 valence electrons. The number of aromatic nitrogens is 2. The van der Waals surface area contributed by atoms with Gasteiger partial charge >= 0.3 is 0 Å².